The Morgan fingerprint density at radius 1 is 0.929 bits per heavy atom. The topological polar surface area (TPSA) is 92.5 Å². The Bertz CT molecular complexity index is 826. The SMILES string of the molecule is NC(=O)C1CCN(c2ccc(NC(=O)CCC(=O)c3ccccc3)cc2)CC1. The minimum Gasteiger partial charge on any atom is -0.371 e. The number of hydrogen-bond acceptors (Lipinski definition) is 4. The number of primary amides is 1. The van der Waals surface area contributed by atoms with Gasteiger partial charge in [0.15, 0.2) is 5.78 Å². The number of nitrogens with zero attached hydrogens (tertiary/aromatic N) is 1. The van der Waals surface area contributed by atoms with Crippen LogP contribution >= 0.6 is 0 Å². The number of Topliss-reactive ketones (excluding diaryl/α,β-unsaturated/α-hetero) is 1. The van der Waals surface area contributed by atoms with E-state index in [2.05, 4.69) is 10.2 Å². The third-order valence-electron chi connectivity index (χ3n) is 5.09. The van der Waals surface area contributed by atoms with Crippen molar-refractivity contribution in [3.05, 3.63) is 60.2 Å². The van der Waals surface area contributed by atoms with Crippen molar-refractivity contribution < 1.29 is 14.4 Å². The summed E-state index contributed by atoms with van der Waals surface area (Å²) >= 11 is 0. The van der Waals surface area contributed by atoms with E-state index in [1.54, 1.807) is 12.1 Å². The Balaban J connectivity index is 1.47. The van der Waals surface area contributed by atoms with Crippen LogP contribution < -0.4 is 16.0 Å². The van der Waals surface area contributed by atoms with E-state index in [4.69, 9.17) is 5.73 Å². The number of nitrogens with one attached hydrogen (secondary N) is 1. The van der Waals surface area contributed by atoms with E-state index < -0.39 is 0 Å². The second-order valence-electron chi connectivity index (χ2n) is 7.05. The first-order valence-corrected chi connectivity index (χ1v) is 9.55. The molecule has 6 nitrogen and oxygen atoms in total. The van der Waals surface area contributed by atoms with Crippen molar-refractivity contribution in [2.45, 2.75) is 25.7 Å². The maximum absolute atomic E-state index is 12.1. The summed E-state index contributed by atoms with van der Waals surface area (Å²) in [4.78, 5) is 37.7. The van der Waals surface area contributed by atoms with Crippen LogP contribution in [0.5, 0.6) is 0 Å². The van der Waals surface area contributed by atoms with Gasteiger partial charge in [-0.15, -0.1) is 0 Å². The van der Waals surface area contributed by atoms with Crippen LogP contribution in [0.4, 0.5) is 11.4 Å². The zero-order valence-electron chi connectivity index (χ0n) is 15.8. The molecule has 0 radical (unpaired) electrons. The number of benzene rings is 2. The van der Waals surface area contributed by atoms with Crippen LogP contribution in [-0.4, -0.2) is 30.7 Å². The molecular weight excluding hydrogens is 354 g/mol. The summed E-state index contributed by atoms with van der Waals surface area (Å²) in [5, 5.41) is 2.83. The molecule has 0 bridgehead atoms. The van der Waals surface area contributed by atoms with Gasteiger partial charge in [-0.1, -0.05) is 30.3 Å². The summed E-state index contributed by atoms with van der Waals surface area (Å²) in [6.45, 7) is 1.59. The van der Waals surface area contributed by atoms with Gasteiger partial charge >= 0.3 is 0 Å². The van der Waals surface area contributed by atoms with Crippen LogP contribution in [0, 0.1) is 5.92 Å². The highest BCUT2D eigenvalue weighted by molar-refractivity contribution is 6.00. The lowest BCUT2D eigenvalue weighted by Gasteiger charge is -2.32. The minimum atomic E-state index is -0.219. The summed E-state index contributed by atoms with van der Waals surface area (Å²) < 4.78 is 0. The Labute approximate surface area is 164 Å². The van der Waals surface area contributed by atoms with Crippen LogP contribution in [0.25, 0.3) is 0 Å². The highest BCUT2D eigenvalue weighted by atomic mass is 16.2. The lowest BCUT2D eigenvalue weighted by atomic mass is 9.96. The maximum Gasteiger partial charge on any atom is 0.224 e. The van der Waals surface area contributed by atoms with Crippen molar-refractivity contribution in [3.63, 3.8) is 0 Å². The summed E-state index contributed by atoms with van der Waals surface area (Å²) in [5.41, 5.74) is 7.76. The van der Waals surface area contributed by atoms with Gasteiger partial charge in [-0.05, 0) is 37.1 Å². The standard InChI is InChI=1S/C22H25N3O3/c23-22(28)17-12-14-25(15-13-17)19-8-6-18(7-9-19)24-21(27)11-10-20(26)16-4-2-1-3-5-16/h1-9,17H,10-15H2,(H2,23,28)(H,24,27). The van der Waals surface area contributed by atoms with Gasteiger partial charge in [-0.25, -0.2) is 0 Å². The molecule has 3 N–H and O–H groups in total. The highest BCUT2D eigenvalue weighted by Gasteiger charge is 2.23. The molecule has 146 valence electrons. The average Bonchev–Trinajstić information content (AvgIpc) is 2.73. The molecule has 1 fully saturated rings. The second kappa shape index (κ2) is 9.17. The van der Waals surface area contributed by atoms with E-state index in [9.17, 15) is 14.4 Å². The smallest absolute Gasteiger partial charge is 0.224 e. The average molecular weight is 379 g/mol. The number of ketones is 1. The van der Waals surface area contributed by atoms with Gasteiger partial charge in [-0.2, -0.15) is 0 Å². The van der Waals surface area contributed by atoms with E-state index in [1.807, 2.05) is 42.5 Å². The summed E-state index contributed by atoms with van der Waals surface area (Å²) in [6.07, 6.45) is 1.87. The molecule has 0 aromatic heterocycles. The molecule has 2 aromatic carbocycles. The van der Waals surface area contributed by atoms with Crippen molar-refractivity contribution in [2.24, 2.45) is 11.7 Å². The van der Waals surface area contributed by atoms with Crippen LogP contribution in [0.15, 0.2) is 54.6 Å². The molecular formula is C22H25N3O3. The lowest BCUT2D eigenvalue weighted by Crippen LogP contribution is -2.38. The van der Waals surface area contributed by atoms with Gasteiger partial charge in [0.2, 0.25) is 11.8 Å². The molecule has 3 rings (SSSR count). The molecule has 1 aliphatic rings. The van der Waals surface area contributed by atoms with Gasteiger partial charge in [0.25, 0.3) is 0 Å². The van der Waals surface area contributed by atoms with Crippen molar-refractivity contribution in [1.82, 2.24) is 0 Å². The van der Waals surface area contributed by atoms with Crippen molar-refractivity contribution in [1.29, 1.82) is 0 Å². The highest BCUT2D eigenvalue weighted by Crippen LogP contribution is 2.24. The number of amides is 2. The molecule has 28 heavy (non-hydrogen) atoms. The minimum absolute atomic E-state index is 0.0339. The molecule has 6 heteroatoms. The summed E-state index contributed by atoms with van der Waals surface area (Å²) in [6, 6.07) is 16.6. The third-order valence-corrected chi connectivity index (χ3v) is 5.09. The second-order valence-corrected chi connectivity index (χ2v) is 7.05. The molecule has 0 saturated carbocycles. The maximum atomic E-state index is 12.1. The van der Waals surface area contributed by atoms with Crippen LogP contribution in [-0.2, 0) is 9.59 Å². The normalized spacial score (nSPS) is 14.5. The predicted molar refractivity (Wildman–Crippen MR) is 109 cm³/mol. The number of nitrogens with two attached hydrogens (primary N) is 1. The molecule has 0 aliphatic carbocycles. The van der Waals surface area contributed by atoms with E-state index in [1.165, 1.54) is 0 Å². The fourth-order valence-electron chi connectivity index (χ4n) is 3.40. The van der Waals surface area contributed by atoms with E-state index in [0.29, 0.717) is 11.3 Å². The van der Waals surface area contributed by atoms with Gasteiger partial charge < -0.3 is 16.0 Å². The van der Waals surface area contributed by atoms with Crippen molar-refractivity contribution >= 4 is 29.0 Å². The number of piperidine rings is 1. The lowest BCUT2D eigenvalue weighted by molar-refractivity contribution is -0.122. The van der Waals surface area contributed by atoms with Gasteiger partial charge in [0, 0.05) is 48.8 Å². The largest absolute Gasteiger partial charge is 0.371 e. The summed E-state index contributed by atoms with van der Waals surface area (Å²) in [5.74, 6) is -0.471. The van der Waals surface area contributed by atoms with E-state index >= 15 is 0 Å². The molecule has 0 spiro atoms. The first-order valence-electron chi connectivity index (χ1n) is 9.55. The van der Waals surface area contributed by atoms with Crippen LogP contribution in [0.2, 0.25) is 0 Å². The van der Waals surface area contributed by atoms with E-state index in [-0.39, 0.29) is 36.4 Å². The third kappa shape index (κ3) is 5.19. The zero-order valence-corrected chi connectivity index (χ0v) is 15.8. The molecule has 2 aromatic rings. The number of carbonyl (C=O) groups is 3. The Morgan fingerprint density at radius 3 is 2.18 bits per heavy atom. The Kier molecular flexibility index (Phi) is 6.42. The zero-order chi connectivity index (χ0) is 19.9. The first-order chi connectivity index (χ1) is 13.5. The first kappa shape index (κ1) is 19.6. The van der Waals surface area contributed by atoms with Crippen molar-refractivity contribution in [3.8, 4) is 0 Å². The quantitative estimate of drug-likeness (QED) is 0.724. The van der Waals surface area contributed by atoms with Gasteiger partial charge in [0.05, 0.1) is 0 Å². The van der Waals surface area contributed by atoms with Crippen LogP contribution in [0.3, 0.4) is 0 Å². The Hall–Kier alpha value is -3.15. The molecule has 2 amide bonds. The number of anilines is 2. The molecule has 0 unspecified atom stereocenters. The molecule has 1 heterocycles. The van der Waals surface area contributed by atoms with Gasteiger partial charge in [0.1, 0.15) is 0 Å². The monoisotopic (exact) mass is 379 g/mol. The molecule has 1 saturated heterocycles. The molecule has 0 atom stereocenters. The fraction of sp³-hybridized carbons (Fsp3) is 0.318. The fourth-order valence-corrected chi connectivity index (χ4v) is 3.40. The van der Waals surface area contributed by atoms with Gasteiger partial charge in [-0.3, -0.25) is 14.4 Å². The number of carbonyl (C=O) groups excluding carboxylic acids is 3. The number of rotatable bonds is 7. The predicted octanol–water partition coefficient (Wildman–Crippen LogP) is 2.99. The Morgan fingerprint density at radius 2 is 1.57 bits per heavy atom. The van der Waals surface area contributed by atoms with Crippen LogP contribution in [0.1, 0.15) is 36.0 Å². The number of hydrogen-bond donors (Lipinski definition) is 2. The summed E-state index contributed by atoms with van der Waals surface area (Å²) in [7, 11) is 0. The van der Waals surface area contributed by atoms with Crippen molar-refractivity contribution in [2.75, 3.05) is 23.3 Å². The van der Waals surface area contributed by atoms with E-state index in [0.717, 1.165) is 31.6 Å². The molecule has 1 aliphatic heterocycles.